The average Bonchev–Trinajstić information content (AvgIpc) is 3.51. The molecule has 1 aromatic heterocycles. The van der Waals surface area contributed by atoms with Crippen molar-refractivity contribution in [3.8, 4) is 28.6 Å². The largest absolute Gasteiger partial charge is 0.494 e. The van der Waals surface area contributed by atoms with Crippen molar-refractivity contribution >= 4 is 5.91 Å². The van der Waals surface area contributed by atoms with Crippen LogP contribution >= 0.6 is 0 Å². The lowest BCUT2D eigenvalue weighted by molar-refractivity contribution is -0.129. The molecule has 4 rings (SSSR count). The molecule has 0 aliphatic carbocycles. The van der Waals surface area contributed by atoms with Gasteiger partial charge in [-0.3, -0.25) is 4.79 Å². The molecular formula is C26H31N3O5. The van der Waals surface area contributed by atoms with Crippen LogP contribution in [0.15, 0.2) is 47.0 Å². The maximum Gasteiger partial charge on any atom is 0.232 e. The number of amides is 1. The summed E-state index contributed by atoms with van der Waals surface area (Å²) < 4.78 is 22.0. The van der Waals surface area contributed by atoms with Crippen LogP contribution in [0.3, 0.4) is 0 Å². The third kappa shape index (κ3) is 5.00. The zero-order chi connectivity index (χ0) is 24.1. The van der Waals surface area contributed by atoms with Gasteiger partial charge in [-0.15, -0.1) is 0 Å². The highest BCUT2D eigenvalue weighted by molar-refractivity contribution is 5.80. The Morgan fingerprint density at radius 1 is 1.12 bits per heavy atom. The SMILES string of the molecule is CCCCOc1ccc(-c2noc(C3CC(=O)N(C(C)c4ccc(OC)c(OC)c4)C3)n2)cc1. The smallest absolute Gasteiger partial charge is 0.232 e. The standard InChI is InChI=1S/C26H31N3O5/c1-5-6-13-33-21-10-7-18(8-11-21)25-27-26(34-28-25)20-15-24(30)29(16-20)17(2)19-9-12-22(31-3)23(14-19)32-4/h7-12,14,17,20H,5-6,13,15-16H2,1-4H3. The zero-order valence-electron chi connectivity index (χ0n) is 20.1. The molecule has 1 aliphatic heterocycles. The summed E-state index contributed by atoms with van der Waals surface area (Å²) >= 11 is 0. The van der Waals surface area contributed by atoms with Crippen LogP contribution < -0.4 is 14.2 Å². The number of aromatic nitrogens is 2. The minimum atomic E-state index is -0.145. The molecule has 2 heterocycles. The summed E-state index contributed by atoms with van der Waals surface area (Å²) in [7, 11) is 3.20. The van der Waals surface area contributed by atoms with E-state index in [0.29, 0.717) is 42.8 Å². The van der Waals surface area contributed by atoms with E-state index in [4.69, 9.17) is 18.7 Å². The highest BCUT2D eigenvalue weighted by Gasteiger charge is 2.37. The van der Waals surface area contributed by atoms with Crippen LogP contribution in [0.5, 0.6) is 17.2 Å². The molecule has 1 aliphatic rings. The van der Waals surface area contributed by atoms with Gasteiger partial charge in [0.05, 0.1) is 32.8 Å². The molecule has 1 saturated heterocycles. The predicted octanol–water partition coefficient (Wildman–Crippen LogP) is 5.01. The topological polar surface area (TPSA) is 86.9 Å². The summed E-state index contributed by atoms with van der Waals surface area (Å²) in [6.45, 7) is 5.36. The highest BCUT2D eigenvalue weighted by atomic mass is 16.5. The molecule has 2 unspecified atom stereocenters. The molecule has 0 radical (unpaired) electrons. The van der Waals surface area contributed by atoms with E-state index in [-0.39, 0.29) is 17.9 Å². The number of carbonyl (C=O) groups excluding carboxylic acids is 1. The Kier molecular flexibility index (Phi) is 7.35. The Morgan fingerprint density at radius 2 is 1.88 bits per heavy atom. The van der Waals surface area contributed by atoms with Gasteiger partial charge >= 0.3 is 0 Å². The van der Waals surface area contributed by atoms with Crippen LogP contribution in [0.2, 0.25) is 0 Å². The quantitative estimate of drug-likeness (QED) is 0.389. The molecule has 3 aromatic rings. The Bertz CT molecular complexity index is 1110. The second-order valence-corrected chi connectivity index (χ2v) is 8.42. The van der Waals surface area contributed by atoms with Gasteiger partial charge in [0.15, 0.2) is 11.5 Å². The zero-order valence-corrected chi connectivity index (χ0v) is 20.1. The molecule has 8 nitrogen and oxygen atoms in total. The van der Waals surface area contributed by atoms with Crippen molar-refractivity contribution in [3.05, 3.63) is 53.9 Å². The molecule has 34 heavy (non-hydrogen) atoms. The first-order valence-corrected chi connectivity index (χ1v) is 11.6. The van der Waals surface area contributed by atoms with Crippen molar-refractivity contribution in [2.45, 2.75) is 45.1 Å². The van der Waals surface area contributed by atoms with Crippen LogP contribution in [0.25, 0.3) is 11.4 Å². The van der Waals surface area contributed by atoms with Gasteiger partial charge in [0.1, 0.15) is 5.75 Å². The van der Waals surface area contributed by atoms with Crippen molar-refractivity contribution < 1.29 is 23.5 Å². The van der Waals surface area contributed by atoms with Crippen LogP contribution in [0, 0.1) is 0 Å². The van der Waals surface area contributed by atoms with Crippen molar-refractivity contribution in [1.82, 2.24) is 15.0 Å². The molecule has 0 saturated carbocycles. The first-order chi connectivity index (χ1) is 16.5. The van der Waals surface area contributed by atoms with E-state index in [1.807, 2.05) is 54.3 Å². The van der Waals surface area contributed by atoms with E-state index in [9.17, 15) is 4.79 Å². The Hall–Kier alpha value is -3.55. The van der Waals surface area contributed by atoms with E-state index in [1.165, 1.54) is 0 Å². The van der Waals surface area contributed by atoms with Gasteiger partial charge in [-0.05, 0) is 55.3 Å². The van der Waals surface area contributed by atoms with E-state index in [0.717, 1.165) is 29.7 Å². The number of likely N-dealkylation sites (tertiary alicyclic amines) is 1. The van der Waals surface area contributed by atoms with E-state index >= 15 is 0 Å². The third-order valence-corrected chi connectivity index (χ3v) is 6.19. The van der Waals surface area contributed by atoms with Crippen LogP contribution in [0.1, 0.15) is 56.5 Å². The molecule has 0 bridgehead atoms. The lowest BCUT2D eigenvalue weighted by Crippen LogP contribution is -2.28. The maximum absolute atomic E-state index is 12.8. The number of benzene rings is 2. The van der Waals surface area contributed by atoms with Crippen molar-refractivity contribution in [2.24, 2.45) is 0 Å². The van der Waals surface area contributed by atoms with Crippen LogP contribution in [0.4, 0.5) is 0 Å². The Balaban J connectivity index is 1.43. The first-order valence-electron chi connectivity index (χ1n) is 11.6. The lowest BCUT2D eigenvalue weighted by atomic mass is 10.1. The molecule has 8 heteroatoms. The van der Waals surface area contributed by atoms with E-state index in [2.05, 4.69) is 17.1 Å². The molecule has 1 amide bonds. The van der Waals surface area contributed by atoms with E-state index < -0.39 is 0 Å². The summed E-state index contributed by atoms with van der Waals surface area (Å²) in [6, 6.07) is 13.2. The number of unbranched alkanes of at least 4 members (excludes halogenated alkanes) is 1. The number of carbonyl (C=O) groups is 1. The predicted molar refractivity (Wildman–Crippen MR) is 127 cm³/mol. The molecule has 0 N–H and O–H groups in total. The van der Waals surface area contributed by atoms with Gasteiger partial charge < -0.3 is 23.6 Å². The monoisotopic (exact) mass is 465 g/mol. The fourth-order valence-corrected chi connectivity index (χ4v) is 4.12. The van der Waals surface area contributed by atoms with Crippen LogP contribution in [-0.4, -0.2) is 48.3 Å². The lowest BCUT2D eigenvalue weighted by Gasteiger charge is -2.25. The maximum atomic E-state index is 12.8. The number of hydrogen-bond acceptors (Lipinski definition) is 7. The summed E-state index contributed by atoms with van der Waals surface area (Å²) in [6.07, 6.45) is 2.46. The number of methoxy groups -OCH3 is 2. The van der Waals surface area contributed by atoms with Crippen molar-refractivity contribution in [3.63, 3.8) is 0 Å². The van der Waals surface area contributed by atoms with Gasteiger partial charge in [-0.1, -0.05) is 24.6 Å². The van der Waals surface area contributed by atoms with Gasteiger partial charge in [0, 0.05) is 18.5 Å². The average molecular weight is 466 g/mol. The Labute approximate surface area is 199 Å². The van der Waals surface area contributed by atoms with Gasteiger partial charge in [0.25, 0.3) is 0 Å². The minimum Gasteiger partial charge on any atom is -0.494 e. The van der Waals surface area contributed by atoms with Crippen molar-refractivity contribution in [1.29, 1.82) is 0 Å². The molecule has 1 fully saturated rings. The molecule has 2 aromatic carbocycles. The number of rotatable bonds is 10. The summed E-state index contributed by atoms with van der Waals surface area (Å²) in [5.41, 5.74) is 1.82. The number of ether oxygens (including phenoxy) is 3. The normalized spacial score (nSPS) is 16.5. The summed E-state index contributed by atoms with van der Waals surface area (Å²) in [4.78, 5) is 19.3. The van der Waals surface area contributed by atoms with Crippen LogP contribution in [-0.2, 0) is 4.79 Å². The first kappa shape index (κ1) is 23.6. The van der Waals surface area contributed by atoms with Gasteiger partial charge in [-0.2, -0.15) is 4.98 Å². The molecule has 2 atom stereocenters. The second-order valence-electron chi connectivity index (χ2n) is 8.42. The minimum absolute atomic E-state index is 0.0561. The van der Waals surface area contributed by atoms with E-state index in [1.54, 1.807) is 14.2 Å². The summed E-state index contributed by atoms with van der Waals surface area (Å²) in [5.74, 6) is 3.01. The fourth-order valence-electron chi connectivity index (χ4n) is 4.12. The van der Waals surface area contributed by atoms with Gasteiger partial charge in [-0.25, -0.2) is 0 Å². The fraction of sp³-hybridized carbons (Fsp3) is 0.423. The highest BCUT2D eigenvalue weighted by Crippen LogP contribution is 2.37. The summed E-state index contributed by atoms with van der Waals surface area (Å²) in [5, 5.41) is 4.14. The number of nitrogens with zero attached hydrogens (tertiary/aromatic N) is 3. The van der Waals surface area contributed by atoms with Gasteiger partial charge in [0.2, 0.25) is 17.6 Å². The Morgan fingerprint density at radius 3 is 2.59 bits per heavy atom. The number of hydrogen-bond donors (Lipinski definition) is 0. The third-order valence-electron chi connectivity index (χ3n) is 6.19. The molecule has 0 spiro atoms. The van der Waals surface area contributed by atoms with Crippen molar-refractivity contribution in [2.75, 3.05) is 27.4 Å². The molecular weight excluding hydrogens is 434 g/mol. The molecule has 180 valence electrons. The second kappa shape index (κ2) is 10.6.